The van der Waals surface area contributed by atoms with Crippen LogP contribution in [0.5, 0.6) is 5.75 Å². The average molecular weight is 604 g/mol. The predicted molar refractivity (Wildman–Crippen MR) is 159 cm³/mol. The number of aromatic nitrogens is 4. The number of hydrogen-bond acceptors (Lipinski definition) is 9. The van der Waals surface area contributed by atoms with Gasteiger partial charge in [-0.05, 0) is 54.4 Å². The van der Waals surface area contributed by atoms with E-state index in [4.69, 9.17) is 16.3 Å². The number of carbonyl (C=O) groups is 2. The number of ketones is 1. The zero-order valence-electron chi connectivity index (χ0n) is 21.8. The Hall–Kier alpha value is -4.19. The number of Topliss-reactive ketones (excluding diaryl/α,β-unsaturated/α-hetero) is 1. The number of rotatable bonds is 7. The van der Waals surface area contributed by atoms with Gasteiger partial charge in [0.25, 0.3) is 5.78 Å². The van der Waals surface area contributed by atoms with Gasteiger partial charge in [-0.25, -0.2) is 4.98 Å². The van der Waals surface area contributed by atoms with Crippen molar-refractivity contribution in [1.29, 1.82) is 0 Å². The molecule has 0 aliphatic carbocycles. The van der Waals surface area contributed by atoms with Crippen LogP contribution in [-0.4, -0.2) is 43.5 Å². The molecule has 41 heavy (non-hydrogen) atoms. The number of anilines is 1. The third kappa shape index (κ3) is 4.96. The highest BCUT2D eigenvalue weighted by atomic mass is 35.5. The van der Waals surface area contributed by atoms with E-state index in [0.717, 1.165) is 5.56 Å². The summed E-state index contributed by atoms with van der Waals surface area (Å²) in [5.41, 5.74) is 3.06. The Morgan fingerprint density at radius 1 is 1.07 bits per heavy atom. The molecule has 3 aromatic heterocycles. The molecule has 0 radical (unpaired) electrons. The first-order valence-electron chi connectivity index (χ1n) is 12.5. The van der Waals surface area contributed by atoms with Gasteiger partial charge in [-0.15, -0.1) is 10.2 Å². The third-order valence-electron chi connectivity index (χ3n) is 6.68. The van der Waals surface area contributed by atoms with Crippen LogP contribution in [0.25, 0.3) is 11.4 Å². The monoisotopic (exact) mass is 603 g/mol. The van der Waals surface area contributed by atoms with Gasteiger partial charge < -0.3 is 9.84 Å². The number of halogens is 1. The standard InChI is InChI=1S/C29H22ClN5O4S2/c1-16-23(34-14-4-3-5-21(34)31-16)25(36)22-24(18-8-12-20(39-2)13-9-18)35(27(38)26(22)37)28-32-33-29(41-28)40-15-17-6-10-19(30)11-7-17/h3-14,24,36H,15H2,1-2H3/b25-22+. The Balaban J connectivity index is 1.43. The highest BCUT2D eigenvalue weighted by Gasteiger charge is 2.48. The smallest absolute Gasteiger partial charge is 0.301 e. The van der Waals surface area contributed by atoms with Crippen LogP contribution in [0.15, 0.2) is 82.8 Å². The largest absolute Gasteiger partial charge is 0.505 e. The minimum Gasteiger partial charge on any atom is -0.505 e. The van der Waals surface area contributed by atoms with Crippen LogP contribution >= 0.6 is 34.7 Å². The summed E-state index contributed by atoms with van der Waals surface area (Å²) in [6.45, 7) is 1.75. The molecule has 2 aromatic carbocycles. The first-order valence-corrected chi connectivity index (χ1v) is 14.6. The lowest BCUT2D eigenvalue weighted by atomic mass is 9.96. The number of pyridine rings is 1. The Labute approximate surface area is 248 Å². The third-order valence-corrected chi connectivity index (χ3v) is 9.06. The molecular weight excluding hydrogens is 582 g/mol. The summed E-state index contributed by atoms with van der Waals surface area (Å²) in [6, 6.07) is 19.0. The summed E-state index contributed by atoms with van der Waals surface area (Å²) in [4.78, 5) is 33.0. The van der Waals surface area contributed by atoms with Crippen LogP contribution in [-0.2, 0) is 15.3 Å². The number of thioether (sulfide) groups is 1. The van der Waals surface area contributed by atoms with E-state index in [2.05, 4.69) is 15.2 Å². The second kappa shape index (κ2) is 11.0. The summed E-state index contributed by atoms with van der Waals surface area (Å²) >= 11 is 8.65. The molecule has 0 saturated carbocycles. The number of amides is 1. The van der Waals surface area contributed by atoms with Gasteiger partial charge >= 0.3 is 5.91 Å². The van der Waals surface area contributed by atoms with Gasteiger partial charge in [0.05, 0.1) is 24.4 Å². The normalized spacial score (nSPS) is 16.6. The molecule has 1 N–H and O–H groups in total. The van der Waals surface area contributed by atoms with Crippen molar-refractivity contribution in [3.05, 3.63) is 106 Å². The summed E-state index contributed by atoms with van der Waals surface area (Å²) in [6.07, 6.45) is 1.75. The summed E-state index contributed by atoms with van der Waals surface area (Å²) < 4.78 is 7.63. The number of methoxy groups -OCH3 is 1. The first kappa shape index (κ1) is 27.0. The number of carbonyl (C=O) groups excluding carboxylic acids is 2. The summed E-state index contributed by atoms with van der Waals surface area (Å²) in [5.74, 6) is -0.701. The highest BCUT2D eigenvalue weighted by molar-refractivity contribution is 8.00. The lowest BCUT2D eigenvalue weighted by Crippen LogP contribution is -2.29. The zero-order chi connectivity index (χ0) is 28.7. The number of aryl methyl sites for hydroxylation is 1. The number of aliphatic hydroxyl groups excluding tert-OH is 1. The van der Waals surface area contributed by atoms with Gasteiger partial charge in [-0.2, -0.15) is 0 Å². The highest BCUT2D eigenvalue weighted by Crippen LogP contribution is 2.44. The van der Waals surface area contributed by atoms with Crippen LogP contribution in [0.4, 0.5) is 5.13 Å². The SMILES string of the molecule is COc1ccc(C2/C(=C(\O)c3c(C)nc4ccccn34)C(=O)C(=O)N2c2nnc(SCc3ccc(Cl)cc3)s2)cc1. The Morgan fingerprint density at radius 3 is 2.56 bits per heavy atom. The van der Waals surface area contributed by atoms with Crippen molar-refractivity contribution in [1.82, 2.24) is 19.6 Å². The van der Waals surface area contributed by atoms with Crippen molar-refractivity contribution >= 4 is 62.9 Å². The summed E-state index contributed by atoms with van der Waals surface area (Å²) in [7, 11) is 1.55. The maximum Gasteiger partial charge on any atom is 0.301 e. The number of hydrogen-bond donors (Lipinski definition) is 1. The van der Waals surface area contributed by atoms with Crippen molar-refractivity contribution < 1.29 is 19.4 Å². The number of benzene rings is 2. The van der Waals surface area contributed by atoms with Gasteiger partial charge in [-0.3, -0.25) is 18.9 Å². The molecule has 1 fully saturated rings. The van der Waals surface area contributed by atoms with Crippen LogP contribution in [0, 0.1) is 6.92 Å². The van der Waals surface area contributed by atoms with E-state index < -0.39 is 17.7 Å². The van der Waals surface area contributed by atoms with Gasteiger partial charge in [0.1, 0.15) is 17.1 Å². The van der Waals surface area contributed by atoms with E-state index in [-0.39, 0.29) is 16.5 Å². The van der Waals surface area contributed by atoms with Crippen molar-refractivity contribution in [2.45, 2.75) is 23.1 Å². The molecule has 12 heteroatoms. The minimum atomic E-state index is -0.948. The number of nitrogens with zero attached hydrogens (tertiary/aromatic N) is 5. The van der Waals surface area contributed by atoms with E-state index in [1.807, 2.05) is 30.3 Å². The van der Waals surface area contributed by atoms with Gasteiger partial charge in [0.2, 0.25) is 5.13 Å². The number of ether oxygens (including phenoxy) is 1. The molecule has 1 saturated heterocycles. The lowest BCUT2D eigenvalue weighted by Gasteiger charge is -2.22. The molecule has 1 unspecified atom stereocenters. The van der Waals surface area contributed by atoms with E-state index in [9.17, 15) is 14.7 Å². The fourth-order valence-corrected chi connectivity index (χ4v) is 6.69. The molecule has 1 aliphatic rings. The molecule has 9 nitrogen and oxygen atoms in total. The Morgan fingerprint density at radius 2 is 1.83 bits per heavy atom. The quantitative estimate of drug-likeness (QED) is 0.0784. The molecule has 1 amide bonds. The maximum absolute atomic E-state index is 13.6. The molecule has 206 valence electrons. The van der Waals surface area contributed by atoms with Crippen molar-refractivity contribution in [2.75, 3.05) is 12.0 Å². The fourth-order valence-electron chi connectivity index (χ4n) is 4.74. The molecular formula is C29H22ClN5O4S2. The minimum absolute atomic E-state index is 0.0560. The van der Waals surface area contributed by atoms with E-state index >= 15 is 0 Å². The van der Waals surface area contributed by atoms with Crippen molar-refractivity contribution in [2.24, 2.45) is 0 Å². The van der Waals surface area contributed by atoms with E-state index in [1.165, 1.54) is 28.0 Å². The lowest BCUT2D eigenvalue weighted by molar-refractivity contribution is -0.132. The fraction of sp³-hybridized carbons (Fsp3) is 0.138. The van der Waals surface area contributed by atoms with Crippen molar-refractivity contribution in [3.63, 3.8) is 0 Å². The molecule has 6 rings (SSSR count). The van der Waals surface area contributed by atoms with Gasteiger partial charge in [-0.1, -0.05) is 65.0 Å². The summed E-state index contributed by atoms with van der Waals surface area (Å²) in [5, 5.41) is 21.1. The van der Waals surface area contributed by atoms with Crippen LogP contribution in [0.1, 0.15) is 28.6 Å². The van der Waals surface area contributed by atoms with Crippen LogP contribution in [0.3, 0.4) is 0 Å². The van der Waals surface area contributed by atoms with Crippen molar-refractivity contribution in [3.8, 4) is 5.75 Å². The van der Waals surface area contributed by atoms with Gasteiger partial charge in [0, 0.05) is 17.0 Å². The molecule has 0 spiro atoms. The topological polar surface area (TPSA) is 110 Å². The van der Waals surface area contributed by atoms with E-state index in [0.29, 0.717) is 43.5 Å². The average Bonchev–Trinajstić information content (AvgIpc) is 3.66. The second-order valence-corrected chi connectivity index (χ2v) is 11.8. The van der Waals surface area contributed by atoms with Gasteiger partial charge in [0.15, 0.2) is 10.1 Å². The van der Waals surface area contributed by atoms with E-state index in [1.54, 1.807) is 61.0 Å². The number of fused-ring (bicyclic) bond motifs is 1. The van der Waals surface area contributed by atoms with Crippen LogP contribution < -0.4 is 9.64 Å². The van der Waals surface area contributed by atoms with Crippen LogP contribution in [0.2, 0.25) is 5.02 Å². The second-order valence-electron chi connectivity index (χ2n) is 9.18. The first-order chi connectivity index (χ1) is 19.9. The Bertz CT molecular complexity index is 1820. The predicted octanol–water partition coefficient (Wildman–Crippen LogP) is 6.07. The maximum atomic E-state index is 13.6. The molecule has 0 bridgehead atoms. The molecule has 1 atom stereocenters. The molecule has 1 aliphatic heterocycles. The molecule has 5 aromatic rings. The zero-order valence-corrected chi connectivity index (χ0v) is 24.2. The Kier molecular flexibility index (Phi) is 7.24. The number of imidazole rings is 1. The number of aliphatic hydroxyl groups is 1. The molecule has 4 heterocycles.